The zero-order chi connectivity index (χ0) is 7.68. The predicted molar refractivity (Wildman–Crippen MR) is 44.5 cm³/mol. The molecule has 64 valence electrons. The highest BCUT2D eigenvalue weighted by Crippen LogP contribution is 2.34. The van der Waals surface area contributed by atoms with Gasteiger partial charge < -0.3 is 10.1 Å². The molecule has 0 aromatic rings. The van der Waals surface area contributed by atoms with Gasteiger partial charge in [0.05, 0.1) is 6.10 Å². The third-order valence-corrected chi connectivity index (χ3v) is 2.69. The summed E-state index contributed by atoms with van der Waals surface area (Å²) in [4.78, 5) is 0. The first kappa shape index (κ1) is 7.56. The lowest BCUT2D eigenvalue weighted by atomic mass is 10.1. The summed E-state index contributed by atoms with van der Waals surface area (Å²) in [5.41, 5.74) is 0. The SMILES string of the molecule is CC1CNC(C2CC2)CCO1. The normalized spacial score (nSPS) is 40.1. The zero-order valence-electron chi connectivity index (χ0n) is 7.18. The minimum absolute atomic E-state index is 0.416. The Labute approximate surface area is 68.3 Å². The molecule has 0 radical (unpaired) electrons. The van der Waals surface area contributed by atoms with Gasteiger partial charge in [0.15, 0.2) is 0 Å². The average molecular weight is 155 g/mol. The summed E-state index contributed by atoms with van der Waals surface area (Å²) < 4.78 is 5.55. The lowest BCUT2D eigenvalue weighted by Gasteiger charge is -2.13. The van der Waals surface area contributed by atoms with Gasteiger partial charge in [-0.15, -0.1) is 0 Å². The van der Waals surface area contributed by atoms with E-state index < -0.39 is 0 Å². The van der Waals surface area contributed by atoms with Gasteiger partial charge in [0.25, 0.3) is 0 Å². The fourth-order valence-corrected chi connectivity index (χ4v) is 1.78. The number of hydrogen-bond acceptors (Lipinski definition) is 2. The Hall–Kier alpha value is -0.0800. The highest BCUT2D eigenvalue weighted by molar-refractivity contribution is 4.87. The quantitative estimate of drug-likeness (QED) is 0.613. The monoisotopic (exact) mass is 155 g/mol. The lowest BCUT2D eigenvalue weighted by Crippen LogP contribution is -2.33. The molecule has 0 bridgehead atoms. The van der Waals surface area contributed by atoms with Crippen LogP contribution in [0.3, 0.4) is 0 Å². The van der Waals surface area contributed by atoms with Crippen LogP contribution in [-0.2, 0) is 4.74 Å². The first-order valence-electron chi connectivity index (χ1n) is 4.71. The van der Waals surface area contributed by atoms with Gasteiger partial charge in [-0.3, -0.25) is 0 Å². The van der Waals surface area contributed by atoms with E-state index >= 15 is 0 Å². The zero-order valence-corrected chi connectivity index (χ0v) is 7.18. The van der Waals surface area contributed by atoms with E-state index in [4.69, 9.17) is 4.74 Å². The van der Waals surface area contributed by atoms with Crippen molar-refractivity contribution in [1.82, 2.24) is 5.32 Å². The second kappa shape index (κ2) is 3.11. The fraction of sp³-hybridized carbons (Fsp3) is 1.00. The Morgan fingerprint density at radius 3 is 2.82 bits per heavy atom. The number of ether oxygens (including phenoxy) is 1. The van der Waals surface area contributed by atoms with Crippen LogP contribution >= 0.6 is 0 Å². The highest BCUT2D eigenvalue weighted by atomic mass is 16.5. The van der Waals surface area contributed by atoms with Crippen molar-refractivity contribution in [3.8, 4) is 0 Å². The Bertz CT molecular complexity index is 134. The van der Waals surface area contributed by atoms with Crippen molar-refractivity contribution in [2.24, 2.45) is 5.92 Å². The van der Waals surface area contributed by atoms with Crippen LogP contribution in [0.2, 0.25) is 0 Å². The van der Waals surface area contributed by atoms with Gasteiger partial charge in [-0.25, -0.2) is 0 Å². The van der Waals surface area contributed by atoms with Gasteiger partial charge in [0.1, 0.15) is 0 Å². The molecular weight excluding hydrogens is 138 g/mol. The summed E-state index contributed by atoms with van der Waals surface area (Å²) >= 11 is 0. The molecule has 2 fully saturated rings. The molecule has 1 saturated carbocycles. The molecule has 2 nitrogen and oxygen atoms in total. The maximum absolute atomic E-state index is 5.55. The van der Waals surface area contributed by atoms with Gasteiger partial charge in [-0.05, 0) is 32.1 Å². The van der Waals surface area contributed by atoms with Crippen LogP contribution in [0, 0.1) is 5.92 Å². The molecule has 2 rings (SSSR count). The molecule has 2 atom stereocenters. The van der Waals surface area contributed by atoms with Crippen molar-refractivity contribution in [3.63, 3.8) is 0 Å². The van der Waals surface area contributed by atoms with Crippen molar-refractivity contribution in [2.75, 3.05) is 13.2 Å². The summed E-state index contributed by atoms with van der Waals surface area (Å²) in [6, 6.07) is 0.764. The first-order valence-corrected chi connectivity index (χ1v) is 4.71. The third kappa shape index (κ3) is 1.94. The second-order valence-electron chi connectivity index (χ2n) is 3.82. The van der Waals surface area contributed by atoms with E-state index in [1.807, 2.05) is 0 Å². The van der Waals surface area contributed by atoms with E-state index in [2.05, 4.69) is 12.2 Å². The molecule has 0 aromatic carbocycles. The standard InChI is InChI=1S/C9H17NO/c1-7-6-10-9(4-5-11-7)8-2-3-8/h7-10H,2-6H2,1H3. The molecule has 2 aliphatic rings. The van der Waals surface area contributed by atoms with Crippen molar-refractivity contribution < 1.29 is 4.74 Å². The van der Waals surface area contributed by atoms with Gasteiger partial charge in [-0.2, -0.15) is 0 Å². The van der Waals surface area contributed by atoms with E-state index in [1.54, 1.807) is 0 Å². The number of nitrogens with one attached hydrogen (secondary N) is 1. The first-order chi connectivity index (χ1) is 5.36. The molecule has 0 spiro atoms. The van der Waals surface area contributed by atoms with Crippen LogP contribution in [0.15, 0.2) is 0 Å². The largest absolute Gasteiger partial charge is 0.377 e. The van der Waals surface area contributed by atoms with Crippen molar-refractivity contribution in [3.05, 3.63) is 0 Å². The van der Waals surface area contributed by atoms with Crippen LogP contribution in [0.1, 0.15) is 26.2 Å². The predicted octanol–water partition coefficient (Wildman–Crippen LogP) is 1.16. The van der Waals surface area contributed by atoms with Gasteiger partial charge in [-0.1, -0.05) is 0 Å². The van der Waals surface area contributed by atoms with E-state index in [1.165, 1.54) is 19.3 Å². The molecule has 1 aliphatic heterocycles. The summed E-state index contributed by atoms with van der Waals surface area (Å²) in [6.45, 7) is 4.14. The van der Waals surface area contributed by atoms with Crippen LogP contribution < -0.4 is 5.32 Å². The molecule has 1 aliphatic carbocycles. The van der Waals surface area contributed by atoms with Gasteiger partial charge in [0, 0.05) is 19.2 Å². The maximum Gasteiger partial charge on any atom is 0.0671 e. The Morgan fingerprint density at radius 2 is 2.09 bits per heavy atom. The number of rotatable bonds is 1. The molecule has 11 heavy (non-hydrogen) atoms. The molecular formula is C9H17NO. The van der Waals surface area contributed by atoms with Crippen molar-refractivity contribution >= 4 is 0 Å². The van der Waals surface area contributed by atoms with Gasteiger partial charge >= 0.3 is 0 Å². The minimum Gasteiger partial charge on any atom is -0.377 e. The van der Waals surface area contributed by atoms with Crippen molar-refractivity contribution in [2.45, 2.75) is 38.3 Å². The lowest BCUT2D eigenvalue weighted by molar-refractivity contribution is 0.0796. The van der Waals surface area contributed by atoms with Gasteiger partial charge in [0.2, 0.25) is 0 Å². The summed E-state index contributed by atoms with van der Waals surface area (Å²) in [5, 5.41) is 3.57. The van der Waals surface area contributed by atoms with E-state index in [-0.39, 0.29) is 0 Å². The second-order valence-corrected chi connectivity index (χ2v) is 3.82. The average Bonchev–Trinajstić information content (AvgIpc) is 2.73. The van der Waals surface area contributed by atoms with Crippen LogP contribution in [-0.4, -0.2) is 25.3 Å². The molecule has 1 saturated heterocycles. The maximum atomic E-state index is 5.55. The topological polar surface area (TPSA) is 21.3 Å². The molecule has 1 N–H and O–H groups in total. The van der Waals surface area contributed by atoms with E-state index in [9.17, 15) is 0 Å². The highest BCUT2D eigenvalue weighted by Gasteiger charge is 2.31. The van der Waals surface area contributed by atoms with Crippen LogP contribution in [0.4, 0.5) is 0 Å². The van der Waals surface area contributed by atoms with E-state index in [0.29, 0.717) is 6.10 Å². The number of hydrogen-bond donors (Lipinski definition) is 1. The fourth-order valence-electron chi connectivity index (χ4n) is 1.78. The summed E-state index contributed by atoms with van der Waals surface area (Å²) in [7, 11) is 0. The summed E-state index contributed by atoms with van der Waals surface area (Å²) in [6.07, 6.45) is 4.51. The van der Waals surface area contributed by atoms with E-state index in [0.717, 1.165) is 25.1 Å². The van der Waals surface area contributed by atoms with Crippen LogP contribution in [0.25, 0.3) is 0 Å². The molecule has 0 aromatic heterocycles. The minimum atomic E-state index is 0.416. The molecule has 1 heterocycles. The molecule has 2 unspecified atom stereocenters. The third-order valence-electron chi connectivity index (χ3n) is 2.69. The Balaban J connectivity index is 1.82. The molecule has 0 amide bonds. The Morgan fingerprint density at radius 1 is 1.27 bits per heavy atom. The Kier molecular flexibility index (Phi) is 2.14. The molecule has 2 heteroatoms. The smallest absolute Gasteiger partial charge is 0.0671 e. The van der Waals surface area contributed by atoms with Crippen LogP contribution in [0.5, 0.6) is 0 Å². The summed E-state index contributed by atoms with van der Waals surface area (Å²) in [5.74, 6) is 0.976. The van der Waals surface area contributed by atoms with Crippen molar-refractivity contribution in [1.29, 1.82) is 0 Å².